The Balaban J connectivity index is 3.29. The molecule has 0 aromatic carbocycles. The molecule has 0 aromatic heterocycles. The molecule has 48 valence electrons. The van der Waals surface area contributed by atoms with Crippen molar-refractivity contribution >= 4 is 5.84 Å². The van der Waals surface area contributed by atoms with Gasteiger partial charge in [0.2, 0.25) is 0 Å². The molecule has 8 heavy (non-hydrogen) atoms. The van der Waals surface area contributed by atoms with Crippen LogP contribution in [-0.2, 0) is 0 Å². The van der Waals surface area contributed by atoms with Crippen LogP contribution in [-0.4, -0.2) is 19.9 Å². The van der Waals surface area contributed by atoms with E-state index in [0.717, 1.165) is 5.84 Å². The standard InChI is InChI=1S/C4H12N4/c1-4(7-5-2)8-6-3/h5-6H,1-3H3,(H,7,8). The van der Waals surface area contributed by atoms with Gasteiger partial charge >= 0.3 is 0 Å². The first-order valence-corrected chi connectivity index (χ1v) is 2.45. The summed E-state index contributed by atoms with van der Waals surface area (Å²) in [4.78, 5) is 0. The smallest absolute Gasteiger partial charge is 0.133 e. The van der Waals surface area contributed by atoms with Gasteiger partial charge in [0, 0.05) is 14.1 Å². The van der Waals surface area contributed by atoms with Crippen LogP contribution in [0.1, 0.15) is 6.92 Å². The van der Waals surface area contributed by atoms with Crippen molar-refractivity contribution in [1.29, 1.82) is 0 Å². The van der Waals surface area contributed by atoms with E-state index in [1.54, 1.807) is 14.1 Å². The molecule has 0 aromatic rings. The van der Waals surface area contributed by atoms with Crippen molar-refractivity contribution in [3.05, 3.63) is 0 Å². The number of nitrogens with one attached hydrogen (secondary N) is 3. The number of hydrazine groups is 1. The molecule has 0 bridgehead atoms. The second-order valence-electron chi connectivity index (χ2n) is 1.30. The third-order valence-corrected chi connectivity index (χ3v) is 0.585. The molecular weight excluding hydrogens is 104 g/mol. The highest BCUT2D eigenvalue weighted by atomic mass is 15.4. The van der Waals surface area contributed by atoms with Crippen molar-refractivity contribution in [3.8, 4) is 0 Å². The van der Waals surface area contributed by atoms with Gasteiger partial charge in [-0.2, -0.15) is 5.10 Å². The number of hydrazone groups is 1. The van der Waals surface area contributed by atoms with Crippen molar-refractivity contribution in [2.75, 3.05) is 14.1 Å². The summed E-state index contributed by atoms with van der Waals surface area (Å²) in [5.41, 5.74) is 8.15. The van der Waals surface area contributed by atoms with Gasteiger partial charge in [0.1, 0.15) is 5.84 Å². The quantitative estimate of drug-likeness (QED) is 0.253. The highest BCUT2D eigenvalue weighted by Gasteiger charge is 1.79. The minimum atomic E-state index is 0.815. The second kappa shape index (κ2) is 4.39. The van der Waals surface area contributed by atoms with Gasteiger partial charge in [0.05, 0.1) is 0 Å². The maximum absolute atomic E-state index is 3.81. The summed E-state index contributed by atoms with van der Waals surface area (Å²) in [6, 6.07) is 0. The topological polar surface area (TPSA) is 48.5 Å². The van der Waals surface area contributed by atoms with E-state index >= 15 is 0 Å². The summed E-state index contributed by atoms with van der Waals surface area (Å²) in [6.07, 6.45) is 0. The Labute approximate surface area is 49.3 Å². The summed E-state index contributed by atoms with van der Waals surface area (Å²) >= 11 is 0. The molecule has 0 amide bonds. The average Bonchev–Trinajstić information content (AvgIpc) is 1.68. The molecule has 0 unspecified atom stereocenters. The van der Waals surface area contributed by atoms with Crippen LogP contribution in [0.25, 0.3) is 0 Å². The number of rotatable bonds is 2. The van der Waals surface area contributed by atoms with Gasteiger partial charge in [-0.3, -0.25) is 0 Å². The summed E-state index contributed by atoms with van der Waals surface area (Å²) in [6.45, 7) is 1.85. The minimum Gasteiger partial charge on any atom is -0.311 e. The van der Waals surface area contributed by atoms with E-state index in [1.807, 2.05) is 6.92 Å². The SMILES string of the molecule is CN/N=C(/C)NNC. The molecule has 0 saturated heterocycles. The molecule has 0 aliphatic carbocycles. The second-order valence-corrected chi connectivity index (χ2v) is 1.30. The fourth-order valence-electron chi connectivity index (χ4n) is 0.377. The Morgan fingerprint density at radius 2 is 2.00 bits per heavy atom. The van der Waals surface area contributed by atoms with Gasteiger partial charge in [-0.05, 0) is 6.92 Å². The lowest BCUT2D eigenvalue weighted by atomic mass is 10.7. The molecule has 0 heterocycles. The Bertz CT molecular complexity index is 78.1. The summed E-state index contributed by atoms with van der Waals surface area (Å²) in [5, 5.41) is 3.81. The molecule has 0 aliphatic heterocycles. The number of hydrogen-bond donors (Lipinski definition) is 3. The molecule has 0 fully saturated rings. The van der Waals surface area contributed by atoms with E-state index in [0.29, 0.717) is 0 Å². The highest BCUT2D eigenvalue weighted by molar-refractivity contribution is 5.78. The summed E-state index contributed by atoms with van der Waals surface area (Å²) in [7, 11) is 3.54. The molecule has 0 rings (SSSR count). The summed E-state index contributed by atoms with van der Waals surface area (Å²) in [5.74, 6) is 0.815. The monoisotopic (exact) mass is 116 g/mol. The van der Waals surface area contributed by atoms with E-state index in [1.165, 1.54) is 0 Å². The normalized spacial score (nSPS) is 11.1. The van der Waals surface area contributed by atoms with Crippen LogP contribution >= 0.6 is 0 Å². The fourth-order valence-corrected chi connectivity index (χ4v) is 0.377. The highest BCUT2D eigenvalue weighted by Crippen LogP contribution is 1.59. The Morgan fingerprint density at radius 3 is 2.38 bits per heavy atom. The molecule has 0 radical (unpaired) electrons. The number of nitrogens with zero attached hydrogens (tertiary/aromatic N) is 1. The van der Waals surface area contributed by atoms with Crippen LogP contribution in [0, 0.1) is 0 Å². The van der Waals surface area contributed by atoms with E-state index in [-0.39, 0.29) is 0 Å². The van der Waals surface area contributed by atoms with E-state index in [2.05, 4.69) is 21.4 Å². The van der Waals surface area contributed by atoms with Crippen LogP contribution in [0.5, 0.6) is 0 Å². The Morgan fingerprint density at radius 1 is 1.38 bits per heavy atom. The molecule has 3 N–H and O–H groups in total. The fraction of sp³-hybridized carbons (Fsp3) is 0.750. The van der Waals surface area contributed by atoms with Crippen molar-refractivity contribution < 1.29 is 0 Å². The first kappa shape index (κ1) is 7.23. The van der Waals surface area contributed by atoms with Gasteiger partial charge in [-0.25, -0.2) is 5.43 Å². The zero-order valence-corrected chi connectivity index (χ0v) is 5.45. The Hall–Kier alpha value is -0.770. The maximum atomic E-state index is 3.81. The number of amidine groups is 1. The van der Waals surface area contributed by atoms with Gasteiger partial charge in [0.25, 0.3) is 0 Å². The summed E-state index contributed by atoms with van der Waals surface area (Å²) < 4.78 is 0. The zero-order chi connectivity index (χ0) is 6.41. The molecule has 0 aliphatic rings. The number of hydrogen-bond acceptors (Lipinski definition) is 3. The van der Waals surface area contributed by atoms with Crippen LogP contribution in [0.4, 0.5) is 0 Å². The van der Waals surface area contributed by atoms with Crippen LogP contribution < -0.4 is 16.3 Å². The van der Waals surface area contributed by atoms with Crippen molar-refractivity contribution in [2.45, 2.75) is 6.92 Å². The van der Waals surface area contributed by atoms with Crippen molar-refractivity contribution in [2.24, 2.45) is 5.10 Å². The molecular formula is C4H12N4. The average molecular weight is 116 g/mol. The van der Waals surface area contributed by atoms with Crippen LogP contribution in [0.2, 0.25) is 0 Å². The van der Waals surface area contributed by atoms with E-state index in [4.69, 9.17) is 0 Å². The molecule has 4 heteroatoms. The third-order valence-electron chi connectivity index (χ3n) is 0.585. The first-order valence-electron chi connectivity index (χ1n) is 2.45. The molecule has 0 atom stereocenters. The van der Waals surface area contributed by atoms with Crippen molar-refractivity contribution in [3.63, 3.8) is 0 Å². The van der Waals surface area contributed by atoms with Gasteiger partial charge in [0.15, 0.2) is 0 Å². The van der Waals surface area contributed by atoms with Crippen LogP contribution in [0.15, 0.2) is 5.10 Å². The lowest BCUT2D eigenvalue weighted by molar-refractivity contribution is 0.747. The van der Waals surface area contributed by atoms with Gasteiger partial charge in [-0.15, -0.1) is 0 Å². The third kappa shape index (κ3) is 3.42. The predicted molar refractivity (Wildman–Crippen MR) is 34.4 cm³/mol. The van der Waals surface area contributed by atoms with E-state index in [9.17, 15) is 0 Å². The molecule has 0 spiro atoms. The Kier molecular flexibility index (Phi) is 3.97. The van der Waals surface area contributed by atoms with E-state index < -0.39 is 0 Å². The maximum Gasteiger partial charge on any atom is 0.133 e. The lowest BCUT2D eigenvalue weighted by Gasteiger charge is -2.00. The van der Waals surface area contributed by atoms with Crippen molar-refractivity contribution in [1.82, 2.24) is 16.3 Å². The lowest BCUT2D eigenvalue weighted by Crippen LogP contribution is -2.33. The van der Waals surface area contributed by atoms with Gasteiger partial charge in [-0.1, -0.05) is 0 Å². The molecule has 0 saturated carbocycles. The minimum absolute atomic E-state index is 0.815. The predicted octanol–water partition coefficient (Wildman–Crippen LogP) is -0.737. The largest absolute Gasteiger partial charge is 0.311 e. The van der Waals surface area contributed by atoms with Gasteiger partial charge < -0.3 is 10.9 Å². The van der Waals surface area contributed by atoms with Crippen LogP contribution in [0.3, 0.4) is 0 Å². The first-order chi connectivity index (χ1) is 3.81. The molecule has 4 nitrogen and oxygen atoms in total. The zero-order valence-electron chi connectivity index (χ0n) is 5.45.